The molecule has 0 atom stereocenters. The van der Waals surface area contributed by atoms with Gasteiger partial charge in [0.2, 0.25) is 5.91 Å². The minimum Gasteiger partial charge on any atom is -0.336 e. The molecule has 0 radical (unpaired) electrons. The SMILES string of the molecule is CC/C=C\CC/C=C/CN(C(=O)C1CC1)C(C)C. The van der Waals surface area contributed by atoms with Gasteiger partial charge in [-0.2, -0.15) is 0 Å². The Balaban J connectivity index is 2.26. The fraction of sp³-hybridized carbons (Fsp3) is 0.688. The highest BCUT2D eigenvalue weighted by Gasteiger charge is 2.33. The third kappa shape index (κ3) is 5.52. The molecule has 1 aliphatic rings. The molecule has 0 spiro atoms. The fourth-order valence-corrected chi connectivity index (χ4v) is 1.90. The molecule has 1 rings (SSSR count). The molecule has 0 aliphatic heterocycles. The van der Waals surface area contributed by atoms with E-state index in [1.165, 1.54) is 0 Å². The van der Waals surface area contributed by atoms with Crippen LogP contribution in [0.4, 0.5) is 0 Å². The third-order valence-electron chi connectivity index (χ3n) is 3.20. The summed E-state index contributed by atoms with van der Waals surface area (Å²) in [5, 5.41) is 0. The highest BCUT2D eigenvalue weighted by atomic mass is 16.2. The Hall–Kier alpha value is -1.05. The van der Waals surface area contributed by atoms with Gasteiger partial charge in [0.1, 0.15) is 0 Å². The number of allylic oxidation sites excluding steroid dienone is 3. The topological polar surface area (TPSA) is 20.3 Å². The average Bonchev–Trinajstić information content (AvgIpc) is 3.15. The highest BCUT2D eigenvalue weighted by molar-refractivity contribution is 5.81. The molecule has 0 aromatic carbocycles. The third-order valence-corrected chi connectivity index (χ3v) is 3.20. The Bertz CT molecular complexity index is 300. The molecule has 0 bridgehead atoms. The number of hydrogen-bond donors (Lipinski definition) is 0. The lowest BCUT2D eigenvalue weighted by Crippen LogP contribution is -2.38. The van der Waals surface area contributed by atoms with Gasteiger partial charge >= 0.3 is 0 Å². The van der Waals surface area contributed by atoms with Crippen molar-refractivity contribution in [3.05, 3.63) is 24.3 Å². The summed E-state index contributed by atoms with van der Waals surface area (Å²) < 4.78 is 0. The van der Waals surface area contributed by atoms with Gasteiger partial charge in [-0.3, -0.25) is 4.79 Å². The van der Waals surface area contributed by atoms with Crippen molar-refractivity contribution in [3.63, 3.8) is 0 Å². The largest absolute Gasteiger partial charge is 0.336 e. The Morgan fingerprint density at radius 3 is 2.28 bits per heavy atom. The van der Waals surface area contributed by atoms with Crippen LogP contribution in [0.1, 0.15) is 52.9 Å². The molecule has 2 heteroatoms. The molecule has 0 unspecified atom stereocenters. The quantitative estimate of drug-likeness (QED) is 0.471. The molecular formula is C16H27NO. The molecular weight excluding hydrogens is 222 g/mol. The summed E-state index contributed by atoms with van der Waals surface area (Å²) in [7, 11) is 0. The molecule has 0 aromatic rings. The second-order valence-electron chi connectivity index (χ2n) is 5.29. The highest BCUT2D eigenvalue weighted by Crippen LogP contribution is 2.31. The number of amides is 1. The summed E-state index contributed by atoms with van der Waals surface area (Å²) in [4.78, 5) is 14.0. The second-order valence-corrected chi connectivity index (χ2v) is 5.29. The van der Waals surface area contributed by atoms with Crippen LogP contribution < -0.4 is 0 Å². The Morgan fingerprint density at radius 2 is 1.78 bits per heavy atom. The van der Waals surface area contributed by atoms with E-state index >= 15 is 0 Å². The zero-order chi connectivity index (χ0) is 13.4. The van der Waals surface area contributed by atoms with Crippen LogP contribution in [-0.2, 0) is 4.79 Å². The van der Waals surface area contributed by atoms with Gasteiger partial charge in [-0.25, -0.2) is 0 Å². The standard InChI is InChI=1S/C16H27NO/c1-4-5-6-7-8-9-10-13-17(14(2)3)16(18)15-11-12-15/h5-6,9-10,14-15H,4,7-8,11-13H2,1-3H3/b6-5-,10-9+. The number of nitrogens with zero attached hydrogens (tertiary/aromatic N) is 1. The maximum absolute atomic E-state index is 12.0. The first-order valence-electron chi connectivity index (χ1n) is 7.27. The van der Waals surface area contributed by atoms with Gasteiger partial charge in [0.05, 0.1) is 0 Å². The molecule has 1 amide bonds. The van der Waals surface area contributed by atoms with E-state index in [0.717, 1.165) is 38.6 Å². The van der Waals surface area contributed by atoms with Crippen molar-refractivity contribution in [3.8, 4) is 0 Å². The van der Waals surface area contributed by atoms with Gasteiger partial charge in [-0.1, -0.05) is 31.2 Å². The van der Waals surface area contributed by atoms with Crippen LogP contribution in [-0.4, -0.2) is 23.4 Å². The van der Waals surface area contributed by atoms with Gasteiger partial charge in [0, 0.05) is 18.5 Å². The van der Waals surface area contributed by atoms with Crippen molar-refractivity contribution in [2.45, 2.75) is 58.9 Å². The van der Waals surface area contributed by atoms with Crippen LogP contribution in [0.5, 0.6) is 0 Å². The fourth-order valence-electron chi connectivity index (χ4n) is 1.90. The van der Waals surface area contributed by atoms with E-state index in [9.17, 15) is 4.79 Å². The molecule has 0 saturated heterocycles. The van der Waals surface area contributed by atoms with Crippen LogP contribution in [0.25, 0.3) is 0 Å². The van der Waals surface area contributed by atoms with Gasteiger partial charge in [0.15, 0.2) is 0 Å². The maximum atomic E-state index is 12.0. The number of carbonyl (C=O) groups excluding carboxylic acids is 1. The zero-order valence-corrected chi connectivity index (χ0v) is 12.1. The van der Waals surface area contributed by atoms with E-state index in [1.54, 1.807) is 0 Å². The number of unbranched alkanes of at least 4 members (excludes halogenated alkanes) is 1. The van der Waals surface area contributed by atoms with Crippen LogP contribution in [0, 0.1) is 5.92 Å². The van der Waals surface area contributed by atoms with E-state index < -0.39 is 0 Å². The minimum atomic E-state index is 0.308. The van der Waals surface area contributed by atoms with Gasteiger partial charge in [0.25, 0.3) is 0 Å². The second kappa shape index (κ2) is 8.12. The average molecular weight is 249 g/mol. The van der Waals surface area contributed by atoms with Crippen molar-refractivity contribution in [1.82, 2.24) is 4.90 Å². The van der Waals surface area contributed by atoms with Crippen molar-refractivity contribution in [1.29, 1.82) is 0 Å². The first-order chi connectivity index (χ1) is 8.66. The van der Waals surface area contributed by atoms with Crippen molar-refractivity contribution in [2.24, 2.45) is 5.92 Å². The number of hydrogen-bond acceptors (Lipinski definition) is 1. The molecule has 1 aliphatic carbocycles. The van der Waals surface area contributed by atoms with E-state index in [0.29, 0.717) is 17.9 Å². The summed E-state index contributed by atoms with van der Waals surface area (Å²) in [5.74, 6) is 0.675. The molecule has 2 nitrogen and oxygen atoms in total. The van der Waals surface area contributed by atoms with E-state index in [2.05, 4.69) is 45.1 Å². The summed E-state index contributed by atoms with van der Waals surface area (Å²) in [6.07, 6.45) is 14.2. The summed E-state index contributed by atoms with van der Waals surface area (Å²) in [6.45, 7) is 7.11. The van der Waals surface area contributed by atoms with Gasteiger partial charge in [-0.05, 0) is 46.0 Å². The minimum absolute atomic E-state index is 0.308. The molecule has 1 saturated carbocycles. The van der Waals surface area contributed by atoms with E-state index in [4.69, 9.17) is 0 Å². The summed E-state index contributed by atoms with van der Waals surface area (Å²) in [6, 6.07) is 0.308. The van der Waals surface area contributed by atoms with E-state index in [1.807, 2.05) is 4.90 Å². The smallest absolute Gasteiger partial charge is 0.226 e. The van der Waals surface area contributed by atoms with E-state index in [-0.39, 0.29) is 0 Å². The van der Waals surface area contributed by atoms with Crippen LogP contribution >= 0.6 is 0 Å². The Kier molecular flexibility index (Phi) is 6.77. The predicted molar refractivity (Wildman–Crippen MR) is 77.4 cm³/mol. The molecule has 0 aromatic heterocycles. The predicted octanol–water partition coefficient (Wildman–Crippen LogP) is 3.94. The Morgan fingerprint density at radius 1 is 1.17 bits per heavy atom. The lowest BCUT2D eigenvalue weighted by Gasteiger charge is -2.25. The van der Waals surface area contributed by atoms with Crippen molar-refractivity contribution < 1.29 is 4.79 Å². The lowest BCUT2D eigenvalue weighted by molar-refractivity contribution is -0.133. The first-order valence-corrected chi connectivity index (χ1v) is 7.27. The lowest BCUT2D eigenvalue weighted by atomic mass is 10.2. The summed E-state index contributed by atoms with van der Waals surface area (Å²) in [5.41, 5.74) is 0. The molecule has 0 N–H and O–H groups in total. The molecule has 1 fully saturated rings. The van der Waals surface area contributed by atoms with Gasteiger partial charge < -0.3 is 4.90 Å². The monoisotopic (exact) mass is 249 g/mol. The molecule has 18 heavy (non-hydrogen) atoms. The van der Waals surface area contributed by atoms with Gasteiger partial charge in [-0.15, -0.1) is 0 Å². The number of rotatable bonds is 8. The summed E-state index contributed by atoms with van der Waals surface area (Å²) >= 11 is 0. The molecule has 102 valence electrons. The van der Waals surface area contributed by atoms with Crippen LogP contribution in [0.15, 0.2) is 24.3 Å². The van der Waals surface area contributed by atoms with Crippen LogP contribution in [0.2, 0.25) is 0 Å². The Labute approximate surface area is 112 Å². The normalized spacial score (nSPS) is 16.0. The zero-order valence-electron chi connectivity index (χ0n) is 12.1. The van der Waals surface area contributed by atoms with Crippen molar-refractivity contribution >= 4 is 5.91 Å². The van der Waals surface area contributed by atoms with Crippen LogP contribution in [0.3, 0.4) is 0 Å². The molecule has 0 heterocycles. The van der Waals surface area contributed by atoms with Crippen molar-refractivity contribution in [2.75, 3.05) is 6.54 Å². The maximum Gasteiger partial charge on any atom is 0.226 e. The first kappa shape index (κ1) is 15.0. The number of carbonyl (C=O) groups is 1.